The van der Waals surface area contributed by atoms with E-state index >= 15 is 0 Å². The molecule has 0 spiro atoms. The Morgan fingerprint density at radius 3 is 2.61 bits per heavy atom. The number of hydrogen-bond acceptors (Lipinski definition) is 3. The number of methoxy groups -OCH3 is 1. The second kappa shape index (κ2) is 10.6. The van der Waals surface area contributed by atoms with Crippen LogP contribution in [-0.2, 0) is 11.4 Å². The maximum atomic E-state index is 13.8. The summed E-state index contributed by atoms with van der Waals surface area (Å²) >= 11 is 6.88. The zero-order valence-electron chi connectivity index (χ0n) is 16.9. The van der Waals surface area contributed by atoms with Gasteiger partial charge in [0.2, 0.25) is 5.91 Å². The molecular formula is C24H20Br2FNO3. The zero-order chi connectivity index (χ0) is 22.4. The molecule has 0 aromatic heterocycles. The van der Waals surface area contributed by atoms with Crippen LogP contribution in [0.15, 0.2) is 69.6 Å². The van der Waals surface area contributed by atoms with Crippen molar-refractivity contribution in [3.63, 3.8) is 0 Å². The molecule has 0 saturated carbocycles. The summed E-state index contributed by atoms with van der Waals surface area (Å²) in [5.74, 6) is 0.344. The first-order chi connectivity index (χ1) is 14.9. The van der Waals surface area contributed by atoms with Crippen LogP contribution in [-0.4, -0.2) is 13.0 Å². The highest BCUT2D eigenvalue weighted by atomic mass is 79.9. The van der Waals surface area contributed by atoms with E-state index in [2.05, 4.69) is 37.2 Å². The predicted molar refractivity (Wildman–Crippen MR) is 128 cm³/mol. The number of anilines is 1. The van der Waals surface area contributed by atoms with E-state index in [1.165, 1.54) is 19.3 Å². The van der Waals surface area contributed by atoms with Gasteiger partial charge >= 0.3 is 0 Å². The minimum atomic E-state index is -0.329. The lowest BCUT2D eigenvalue weighted by Gasteiger charge is -2.14. The largest absolute Gasteiger partial charge is 0.493 e. The Morgan fingerprint density at radius 2 is 1.90 bits per heavy atom. The van der Waals surface area contributed by atoms with E-state index in [1.54, 1.807) is 36.4 Å². The van der Waals surface area contributed by atoms with Crippen molar-refractivity contribution in [3.8, 4) is 11.5 Å². The van der Waals surface area contributed by atoms with Gasteiger partial charge in [-0.3, -0.25) is 4.79 Å². The molecule has 3 aromatic carbocycles. The van der Waals surface area contributed by atoms with Gasteiger partial charge < -0.3 is 14.8 Å². The van der Waals surface area contributed by atoms with E-state index in [-0.39, 0.29) is 18.3 Å². The summed E-state index contributed by atoms with van der Waals surface area (Å²) < 4.78 is 26.6. The molecule has 0 heterocycles. The van der Waals surface area contributed by atoms with Crippen LogP contribution in [0.3, 0.4) is 0 Å². The number of aryl methyl sites for hydroxylation is 1. The highest BCUT2D eigenvalue weighted by molar-refractivity contribution is 9.10. The molecule has 31 heavy (non-hydrogen) atoms. The molecule has 7 heteroatoms. The maximum absolute atomic E-state index is 13.8. The second-order valence-electron chi connectivity index (χ2n) is 6.70. The van der Waals surface area contributed by atoms with Gasteiger partial charge in [0.1, 0.15) is 12.4 Å². The van der Waals surface area contributed by atoms with Crippen LogP contribution in [0.5, 0.6) is 11.5 Å². The third-order valence-electron chi connectivity index (χ3n) is 4.46. The first-order valence-electron chi connectivity index (χ1n) is 9.36. The first kappa shape index (κ1) is 23.0. The van der Waals surface area contributed by atoms with Crippen molar-refractivity contribution in [3.05, 3.63) is 92.1 Å². The summed E-state index contributed by atoms with van der Waals surface area (Å²) in [5, 5.41) is 2.86. The topological polar surface area (TPSA) is 47.6 Å². The summed E-state index contributed by atoms with van der Waals surface area (Å²) in [6.07, 6.45) is 3.13. The summed E-state index contributed by atoms with van der Waals surface area (Å²) in [6, 6.07) is 15.6. The normalized spacial score (nSPS) is 10.9. The molecule has 0 atom stereocenters. The van der Waals surface area contributed by atoms with Crippen molar-refractivity contribution in [2.45, 2.75) is 13.5 Å². The molecule has 0 bridgehead atoms. The molecule has 0 radical (unpaired) electrons. The molecule has 0 fully saturated rings. The third-order valence-corrected chi connectivity index (χ3v) is 5.54. The van der Waals surface area contributed by atoms with Gasteiger partial charge in [0.25, 0.3) is 0 Å². The van der Waals surface area contributed by atoms with E-state index in [1.807, 2.05) is 25.1 Å². The fourth-order valence-corrected chi connectivity index (χ4v) is 3.90. The van der Waals surface area contributed by atoms with E-state index in [4.69, 9.17) is 9.47 Å². The van der Waals surface area contributed by atoms with Crippen LogP contribution < -0.4 is 14.8 Å². The van der Waals surface area contributed by atoms with Crippen LogP contribution in [0.1, 0.15) is 16.7 Å². The van der Waals surface area contributed by atoms with Gasteiger partial charge in [-0.1, -0.05) is 34.1 Å². The fourth-order valence-electron chi connectivity index (χ4n) is 2.86. The summed E-state index contributed by atoms with van der Waals surface area (Å²) in [4.78, 5) is 12.3. The van der Waals surface area contributed by atoms with Crippen LogP contribution in [0, 0.1) is 12.7 Å². The van der Waals surface area contributed by atoms with Crippen molar-refractivity contribution in [1.82, 2.24) is 0 Å². The molecular weight excluding hydrogens is 529 g/mol. The SMILES string of the molecule is COc1cc(/C=C/C(=O)Nc2ccc(Br)cc2C)cc(Br)c1OCc1ccccc1F. The summed E-state index contributed by atoms with van der Waals surface area (Å²) in [6.45, 7) is 1.98. The van der Waals surface area contributed by atoms with Gasteiger partial charge in [0.05, 0.1) is 11.6 Å². The Balaban J connectivity index is 1.72. The molecule has 3 aromatic rings. The number of nitrogens with one attached hydrogen (secondary N) is 1. The second-order valence-corrected chi connectivity index (χ2v) is 8.47. The Labute approximate surface area is 197 Å². The zero-order valence-corrected chi connectivity index (χ0v) is 20.1. The number of amides is 1. The summed E-state index contributed by atoms with van der Waals surface area (Å²) in [5.41, 5.74) is 2.88. The quantitative estimate of drug-likeness (QED) is 0.327. The molecule has 1 amide bonds. The maximum Gasteiger partial charge on any atom is 0.248 e. The molecule has 1 N–H and O–H groups in total. The van der Waals surface area contributed by atoms with Crippen LogP contribution in [0.25, 0.3) is 6.08 Å². The van der Waals surface area contributed by atoms with Crippen LogP contribution >= 0.6 is 31.9 Å². The predicted octanol–water partition coefficient (Wildman–Crippen LogP) is 6.90. The highest BCUT2D eigenvalue weighted by Gasteiger charge is 2.13. The number of rotatable bonds is 7. The number of benzene rings is 3. The minimum Gasteiger partial charge on any atom is -0.493 e. The lowest BCUT2D eigenvalue weighted by molar-refractivity contribution is -0.111. The third kappa shape index (κ3) is 6.18. The van der Waals surface area contributed by atoms with Gasteiger partial charge in [-0.25, -0.2) is 4.39 Å². The van der Waals surface area contributed by atoms with Crippen LogP contribution in [0.4, 0.5) is 10.1 Å². The molecule has 0 unspecified atom stereocenters. The Bertz CT molecular complexity index is 1130. The molecule has 0 aliphatic rings. The minimum absolute atomic E-state index is 0.0613. The molecule has 160 valence electrons. The smallest absolute Gasteiger partial charge is 0.248 e. The van der Waals surface area contributed by atoms with E-state index in [0.717, 1.165) is 21.3 Å². The van der Waals surface area contributed by atoms with Crippen molar-refractivity contribution in [1.29, 1.82) is 0 Å². The van der Waals surface area contributed by atoms with E-state index in [0.29, 0.717) is 21.5 Å². The van der Waals surface area contributed by atoms with Gasteiger partial charge in [-0.05, 0) is 76.5 Å². The van der Waals surface area contributed by atoms with Gasteiger partial charge in [-0.15, -0.1) is 0 Å². The molecule has 0 aliphatic heterocycles. The number of halogens is 3. The Hall–Kier alpha value is -2.64. The van der Waals surface area contributed by atoms with Gasteiger partial charge in [0, 0.05) is 21.8 Å². The lowest BCUT2D eigenvalue weighted by Crippen LogP contribution is -2.08. The van der Waals surface area contributed by atoms with Crippen molar-refractivity contribution in [2.75, 3.05) is 12.4 Å². The van der Waals surface area contributed by atoms with Crippen molar-refractivity contribution >= 4 is 49.5 Å². The van der Waals surface area contributed by atoms with Gasteiger partial charge in [-0.2, -0.15) is 0 Å². The average molecular weight is 549 g/mol. The number of carbonyl (C=O) groups excluding carboxylic acids is 1. The Kier molecular flexibility index (Phi) is 7.87. The van der Waals surface area contributed by atoms with E-state index < -0.39 is 0 Å². The lowest BCUT2D eigenvalue weighted by atomic mass is 10.1. The highest BCUT2D eigenvalue weighted by Crippen LogP contribution is 2.37. The number of ether oxygens (including phenoxy) is 2. The molecule has 4 nitrogen and oxygen atoms in total. The van der Waals surface area contributed by atoms with Crippen molar-refractivity contribution < 1.29 is 18.7 Å². The monoisotopic (exact) mass is 547 g/mol. The van der Waals surface area contributed by atoms with Crippen molar-refractivity contribution in [2.24, 2.45) is 0 Å². The fraction of sp³-hybridized carbons (Fsp3) is 0.125. The number of carbonyl (C=O) groups is 1. The summed E-state index contributed by atoms with van der Waals surface area (Å²) in [7, 11) is 1.52. The molecule has 0 saturated heterocycles. The standard InChI is InChI=1S/C24H20Br2FNO3/c1-15-11-18(25)8-9-21(15)28-23(29)10-7-16-12-19(26)24(22(13-16)30-2)31-14-17-5-3-4-6-20(17)27/h3-13H,14H2,1-2H3,(H,28,29)/b10-7+. The average Bonchev–Trinajstić information content (AvgIpc) is 2.74. The Morgan fingerprint density at radius 1 is 1.13 bits per heavy atom. The molecule has 0 aliphatic carbocycles. The first-order valence-corrected chi connectivity index (χ1v) is 10.9. The molecule has 3 rings (SSSR count). The van der Waals surface area contributed by atoms with Crippen LogP contribution in [0.2, 0.25) is 0 Å². The van der Waals surface area contributed by atoms with Gasteiger partial charge in [0.15, 0.2) is 11.5 Å². The van der Waals surface area contributed by atoms with E-state index in [9.17, 15) is 9.18 Å². The number of hydrogen-bond donors (Lipinski definition) is 1.